The van der Waals surface area contributed by atoms with E-state index in [9.17, 15) is 4.79 Å². The standard InChI is InChI=1S/C15H27NO2/c17-11-9-14-8-4-5-10-16(14)12-15(18)13-6-2-1-3-7-13/h13-14,17H,1-12H2. The molecule has 1 N–H and O–H groups in total. The molecule has 0 radical (unpaired) electrons. The van der Waals surface area contributed by atoms with Crippen LogP contribution in [0.5, 0.6) is 0 Å². The molecule has 1 saturated carbocycles. The van der Waals surface area contributed by atoms with Gasteiger partial charge in [-0.3, -0.25) is 9.69 Å². The van der Waals surface area contributed by atoms with Gasteiger partial charge in [0.1, 0.15) is 5.78 Å². The Hall–Kier alpha value is -0.410. The maximum atomic E-state index is 12.3. The van der Waals surface area contributed by atoms with E-state index in [-0.39, 0.29) is 6.61 Å². The lowest BCUT2D eigenvalue weighted by molar-refractivity contribution is -0.126. The zero-order valence-corrected chi connectivity index (χ0v) is 11.4. The van der Waals surface area contributed by atoms with Crippen molar-refractivity contribution in [1.82, 2.24) is 4.90 Å². The van der Waals surface area contributed by atoms with Gasteiger partial charge in [-0.2, -0.15) is 0 Å². The van der Waals surface area contributed by atoms with E-state index in [0.717, 1.165) is 32.2 Å². The minimum atomic E-state index is 0.249. The lowest BCUT2D eigenvalue weighted by Crippen LogP contribution is -2.44. The summed E-state index contributed by atoms with van der Waals surface area (Å²) in [5, 5.41) is 9.11. The molecule has 0 bridgehead atoms. The number of piperidine rings is 1. The van der Waals surface area contributed by atoms with E-state index < -0.39 is 0 Å². The minimum absolute atomic E-state index is 0.249. The SMILES string of the molecule is O=C(CN1CCCCC1CCO)C1CCCCC1. The highest BCUT2D eigenvalue weighted by atomic mass is 16.3. The van der Waals surface area contributed by atoms with E-state index in [1.165, 1.54) is 32.1 Å². The molecule has 1 atom stereocenters. The first-order chi connectivity index (χ1) is 8.81. The number of aliphatic hydroxyl groups is 1. The fourth-order valence-electron chi connectivity index (χ4n) is 3.50. The number of hydrogen-bond acceptors (Lipinski definition) is 3. The summed E-state index contributed by atoms with van der Waals surface area (Å²) < 4.78 is 0. The molecule has 3 nitrogen and oxygen atoms in total. The van der Waals surface area contributed by atoms with Gasteiger partial charge in [-0.25, -0.2) is 0 Å². The average Bonchev–Trinajstić information content (AvgIpc) is 2.42. The molecule has 2 aliphatic rings. The van der Waals surface area contributed by atoms with Crippen LogP contribution in [-0.4, -0.2) is 41.5 Å². The summed E-state index contributed by atoms with van der Waals surface area (Å²) in [5.41, 5.74) is 0. The van der Waals surface area contributed by atoms with Crippen LogP contribution < -0.4 is 0 Å². The van der Waals surface area contributed by atoms with Crippen molar-refractivity contribution in [3.8, 4) is 0 Å². The number of carbonyl (C=O) groups is 1. The van der Waals surface area contributed by atoms with Crippen molar-refractivity contribution >= 4 is 5.78 Å². The first-order valence-corrected chi connectivity index (χ1v) is 7.69. The Bertz CT molecular complexity index is 259. The zero-order valence-electron chi connectivity index (χ0n) is 11.4. The molecule has 1 heterocycles. The van der Waals surface area contributed by atoms with Gasteiger partial charge in [0, 0.05) is 18.6 Å². The Kier molecular flexibility index (Phi) is 5.64. The van der Waals surface area contributed by atoms with Crippen LogP contribution in [0.4, 0.5) is 0 Å². The summed E-state index contributed by atoms with van der Waals surface area (Å²) in [6.45, 7) is 1.93. The molecule has 0 spiro atoms. The van der Waals surface area contributed by atoms with Crippen molar-refractivity contribution in [1.29, 1.82) is 0 Å². The summed E-state index contributed by atoms with van der Waals surface area (Å²) in [5.74, 6) is 0.787. The van der Waals surface area contributed by atoms with Gasteiger partial charge in [0.05, 0.1) is 6.54 Å². The van der Waals surface area contributed by atoms with Gasteiger partial charge in [-0.1, -0.05) is 25.7 Å². The van der Waals surface area contributed by atoms with Crippen molar-refractivity contribution in [2.75, 3.05) is 19.7 Å². The van der Waals surface area contributed by atoms with Crippen molar-refractivity contribution < 1.29 is 9.90 Å². The van der Waals surface area contributed by atoms with Crippen molar-refractivity contribution in [2.45, 2.75) is 63.8 Å². The van der Waals surface area contributed by atoms with Crippen molar-refractivity contribution in [3.63, 3.8) is 0 Å². The molecule has 0 amide bonds. The second-order valence-corrected chi connectivity index (χ2v) is 5.93. The predicted octanol–water partition coefficient (Wildman–Crippen LogP) is 2.37. The number of hydrogen-bond donors (Lipinski definition) is 1. The van der Waals surface area contributed by atoms with E-state index in [2.05, 4.69) is 4.90 Å². The van der Waals surface area contributed by atoms with Gasteiger partial charge in [-0.15, -0.1) is 0 Å². The lowest BCUT2D eigenvalue weighted by atomic mass is 9.85. The molecule has 1 aliphatic heterocycles. The molecule has 1 unspecified atom stereocenters. The molecule has 0 aromatic heterocycles. The fraction of sp³-hybridized carbons (Fsp3) is 0.933. The monoisotopic (exact) mass is 253 g/mol. The van der Waals surface area contributed by atoms with Crippen LogP contribution in [0.25, 0.3) is 0 Å². The Morgan fingerprint density at radius 3 is 2.50 bits per heavy atom. The number of aliphatic hydroxyl groups excluding tert-OH is 1. The Balaban J connectivity index is 1.83. The molecular weight excluding hydrogens is 226 g/mol. The number of rotatable bonds is 5. The highest BCUT2D eigenvalue weighted by molar-refractivity contribution is 5.83. The maximum Gasteiger partial charge on any atom is 0.149 e. The third-order valence-electron chi connectivity index (χ3n) is 4.63. The second kappa shape index (κ2) is 7.25. The fourth-order valence-corrected chi connectivity index (χ4v) is 3.50. The van der Waals surface area contributed by atoms with Gasteiger partial charge in [0.15, 0.2) is 0 Å². The average molecular weight is 253 g/mol. The Labute approximate surface area is 111 Å². The highest BCUT2D eigenvalue weighted by Gasteiger charge is 2.27. The smallest absolute Gasteiger partial charge is 0.149 e. The summed E-state index contributed by atoms with van der Waals surface area (Å²) >= 11 is 0. The number of likely N-dealkylation sites (tertiary alicyclic amines) is 1. The summed E-state index contributed by atoms with van der Waals surface area (Å²) in [4.78, 5) is 14.6. The molecule has 18 heavy (non-hydrogen) atoms. The topological polar surface area (TPSA) is 40.5 Å². The Morgan fingerprint density at radius 2 is 1.78 bits per heavy atom. The number of Topliss-reactive ketones (excluding diaryl/α,β-unsaturated/α-hetero) is 1. The number of carbonyl (C=O) groups excluding carboxylic acids is 1. The molecular formula is C15H27NO2. The van der Waals surface area contributed by atoms with Gasteiger partial charge < -0.3 is 5.11 Å². The first-order valence-electron chi connectivity index (χ1n) is 7.69. The first kappa shape index (κ1) is 14.0. The predicted molar refractivity (Wildman–Crippen MR) is 72.5 cm³/mol. The van der Waals surface area contributed by atoms with E-state index in [1.807, 2.05) is 0 Å². The largest absolute Gasteiger partial charge is 0.396 e. The van der Waals surface area contributed by atoms with Gasteiger partial charge in [0.25, 0.3) is 0 Å². The zero-order chi connectivity index (χ0) is 12.8. The van der Waals surface area contributed by atoms with Gasteiger partial charge in [0.2, 0.25) is 0 Å². The summed E-state index contributed by atoms with van der Waals surface area (Å²) in [6.07, 6.45) is 10.4. The molecule has 104 valence electrons. The Morgan fingerprint density at radius 1 is 1.06 bits per heavy atom. The normalized spacial score (nSPS) is 27.3. The van der Waals surface area contributed by atoms with Crippen LogP contribution in [0.3, 0.4) is 0 Å². The molecule has 2 rings (SSSR count). The summed E-state index contributed by atoms with van der Waals surface area (Å²) in [6, 6.07) is 0.441. The van der Waals surface area contributed by atoms with E-state index in [0.29, 0.717) is 24.3 Å². The van der Waals surface area contributed by atoms with Crippen LogP contribution in [-0.2, 0) is 4.79 Å². The molecule has 0 aromatic carbocycles. The minimum Gasteiger partial charge on any atom is -0.396 e. The van der Waals surface area contributed by atoms with E-state index in [1.54, 1.807) is 0 Å². The third-order valence-corrected chi connectivity index (χ3v) is 4.63. The quantitative estimate of drug-likeness (QED) is 0.818. The maximum absolute atomic E-state index is 12.3. The van der Waals surface area contributed by atoms with Crippen LogP contribution in [0.2, 0.25) is 0 Å². The lowest BCUT2D eigenvalue weighted by Gasteiger charge is -2.36. The number of nitrogens with zero attached hydrogens (tertiary/aromatic N) is 1. The molecule has 1 saturated heterocycles. The van der Waals surface area contributed by atoms with Crippen LogP contribution >= 0.6 is 0 Å². The molecule has 1 aliphatic carbocycles. The van der Waals surface area contributed by atoms with Crippen molar-refractivity contribution in [2.24, 2.45) is 5.92 Å². The molecule has 0 aromatic rings. The van der Waals surface area contributed by atoms with Gasteiger partial charge >= 0.3 is 0 Å². The second-order valence-electron chi connectivity index (χ2n) is 5.93. The van der Waals surface area contributed by atoms with Crippen LogP contribution in [0, 0.1) is 5.92 Å². The summed E-state index contributed by atoms with van der Waals surface area (Å²) in [7, 11) is 0. The molecule has 2 fully saturated rings. The van der Waals surface area contributed by atoms with E-state index in [4.69, 9.17) is 5.11 Å². The molecule has 3 heteroatoms. The van der Waals surface area contributed by atoms with Crippen LogP contribution in [0.15, 0.2) is 0 Å². The number of ketones is 1. The van der Waals surface area contributed by atoms with Crippen molar-refractivity contribution in [3.05, 3.63) is 0 Å². The highest BCUT2D eigenvalue weighted by Crippen LogP contribution is 2.26. The third kappa shape index (κ3) is 3.79. The van der Waals surface area contributed by atoms with Gasteiger partial charge in [-0.05, 0) is 38.6 Å². The van der Waals surface area contributed by atoms with Crippen LogP contribution in [0.1, 0.15) is 57.8 Å². The van der Waals surface area contributed by atoms with E-state index >= 15 is 0 Å².